The van der Waals surface area contributed by atoms with E-state index in [1.54, 1.807) is 27.8 Å². The predicted octanol–water partition coefficient (Wildman–Crippen LogP) is 3.88. The van der Waals surface area contributed by atoms with Crippen molar-refractivity contribution < 1.29 is 9.18 Å². The molecule has 3 heterocycles. The minimum Gasteiger partial charge on any atom is -0.383 e. The largest absolute Gasteiger partial charge is 0.383 e. The van der Waals surface area contributed by atoms with Gasteiger partial charge in [0.25, 0.3) is 0 Å². The summed E-state index contributed by atoms with van der Waals surface area (Å²) in [6.07, 6.45) is 3.90. The molecule has 1 fully saturated rings. The Balaban J connectivity index is 1.50. The number of anilines is 2. The van der Waals surface area contributed by atoms with Gasteiger partial charge in [-0.3, -0.25) is 4.79 Å². The molecule has 1 aliphatic rings. The molecule has 150 valence electrons. The van der Waals surface area contributed by atoms with Crippen LogP contribution in [0.2, 0.25) is 0 Å². The Morgan fingerprint density at radius 1 is 1.10 bits per heavy atom. The molecular formula is C23H20FN5O. The minimum absolute atomic E-state index is 0.00356. The average Bonchev–Trinajstić information content (AvgIpc) is 3.30. The minimum atomic E-state index is -0.417. The standard InChI is InChI=1S/C23H20FN5O/c1-28-12-18(20-21(25)26-13-27-22(20)28)17-8-7-15(11-19(17)24)29-10-9-16(23(29)30)14-5-3-2-4-6-14/h2-8,11-13,16H,9-10H2,1H3,(H2,25,26,27). The summed E-state index contributed by atoms with van der Waals surface area (Å²) in [6, 6.07) is 14.6. The van der Waals surface area contributed by atoms with E-state index in [4.69, 9.17) is 5.73 Å². The smallest absolute Gasteiger partial charge is 0.234 e. The first-order valence-electron chi connectivity index (χ1n) is 9.76. The summed E-state index contributed by atoms with van der Waals surface area (Å²) in [5, 5.41) is 0.619. The van der Waals surface area contributed by atoms with E-state index in [1.807, 2.05) is 37.4 Å². The van der Waals surface area contributed by atoms with Gasteiger partial charge in [-0.1, -0.05) is 30.3 Å². The van der Waals surface area contributed by atoms with E-state index in [9.17, 15) is 4.79 Å². The number of carbonyl (C=O) groups excluding carboxylic acids is 1. The van der Waals surface area contributed by atoms with Crippen LogP contribution in [0.3, 0.4) is 0 Å². The topological polar surface area (TPSA) is 77.0 Å². The quantitative estimate of drug-likeness (QED) is 0.565. The van der Waals surface area contributed by atoms with Gasteiger partial charge in [0.2, 0.25) is 5.91 Å². The molecule has 2 N–H and O–H groups in total. The van der Waals surface area contributed by atoms with E-state index in [0.717, 1.165) is 5.56 Å². The molecule has 2 aromatic carbocycles. The van der Waals surface area contributed by atoms with Crippen molar-refractivity contribution in [2.75, 3.05) is 17.2 Å². The third-order valence-electron chi connectivity index (χ3n) is 5.74. The van der Waals surface area contributed by atoms with Gasteiger partial charge in [-0.25, -0.2) is 14.4 Å². The molecule has 0 radical (unpaired) electrons. The van der Waals surface area contributed by atoms with Gasteiger partial charge in [-0.15, -0.1) is 0 Å². The number of hydrogen-bond acceptors (Lipinski definition) is 4. The maximum absolute atomic E-state index is 15.2. The Hall–Kier alpha value is -3.74. The number of carbonyl (C=O) groups is 1. The number of nitrogen functional groups attached to an aromatic ring is 1. The highest BCUT2D eigenvalue weighted by Crippen LogP contribution is 2.37. The lowest BCUT2D eigenvalue weighted by atomic mass is 9.98. The van der Waals surface area contributed by atoms with Gasteiger partial charge in [-0.2, -0.15) is 0 Å². The zero-order chi connectivity index (χ0) is 20.8. The fraction of sp³-hybridized carbons (Fsp3) is 0.174. The van der Waals surface area contributed by atoms with Crippen molar-refractivity contribution in [2.24, 2.45) is 7.05 Å². The molecule has 0 bridgehead atoms. The number of aromatic nitrogens is 3. The number of amides is 1. The lowest BCUT2D eigenvalue weighted by Crippen LogP contribution is -2.26. The predicted molar refractivity (Wildman–Crippen MR) is 114 cm³/mol. The molecule has 5 rings (SSSR count). The summed E-state index contributed by atoms with van der Waals surface area (Å²) in [6.45, 7) is 0.562. The summed E-state index contributed by atoms with van der Waals surface area (Å²) in [5.41, 5.74) is 9.26. The van der Waals surface area contributed by atoms with Crippen LogP contribution in [0.5, 0.6) is 0 Å². The second-order valence-electron chi connectivity index (χ2n) is 7.52. The lowest BCUT2D eigenvalue weighted by molar-refractivity contribution is -0.118. The first-order valence-corrected chi connectivity index (χ1v) is 9.76. The summed E-state index contributed by atoms with van der Waals surface area (Å²) in [7, 11) is 1.83. The fourth-order valence-electron chi connectivity index (χ4n) is 4.26. The van der Waals surface area contributed by atoms with Crippen molar-refractivity contribution in [3.05, 3.63) is 72.4 Å². The van der Waals surface area contributed by atoms with Crippen LogP contribution in [-0.2, 0) is 11.8 Å². The van der Waals surface area contributed by atoms with E-state index < -0.39 is 5.82 Å². The van der Waals surface area contributed by atoms with Crippen molar-refractivity contribution in [3.8, 4) is 11.1 Å². The number of nitrogens with two attached hydrogens (primary N) is 1. The van der Waals surface area contributed by atoms with Gasteiger partial charge in [0, 0.05) is 36.6 Å². The molecule has 6 nitrogen and oxygen atoms in total. The van der Waals surface area contributed by atoms with Gasteiger partial charge in [0.05, 0.1) is 11.3 Å². The molecule has 1 amide bonds. The van der Waals surface area contributed by atoms with Crippen LogP contribution in [0.4, 0.5) is 15.9 Å². The van der Waals surface area contributed by atoms with E-state index in [-0.39, 0.29) is 11.8 Å². The zero-order valence-corrected chi connectivity index (χ0v) is 16.4. The molecule has 0 aliphatic carbocycles. The van der Waals surface area contributed by atoms with Gasteiger partial charge < -0.3 is 15.2 Å². The molecule has 1 unspecified atom stereocenters. The maximum Gasteiger partial charge on any atom is 0.234 e. The molecule has 30 heavy (non-hydrogen) atoms. The van der Waals surface area contributed by atoms with Crippen molar-refractivity contribution in [2.45, 2.75) is 12.3 Å². The van der Waals surface area contributed by atoms with Gasteiger partial charge in [0.15, 0.2) is 0 Å². The summed E-state index contributed by atoms with van der Waals surface area (Å²) in [4.78, 5) is 22.9. The van der Waals surface area contributed by atoms with Crippen LogP contribution in [0.1, 0.15) is 17.9 Å². The number of halogens is 1. The maximum atomic E-state index is 15.2. The van der Waals surface area contributed by atoms with Crippen LogP contribution in [0, 0.1) is 5.82 Å². The molecule has 0 saturated carbocycles. The molecule has 1 aliphatic heterocycles. The summed E-state index contributed by atoms with van der Waals surface area (Å²) in [5.74, 6) is -0.307. The Labute approximate surface area is 172 Å². The van der Waals surface area contributed by atoms with Crippen LogP contribution >= 0.6 is 0 Å². The molecule has 0 spiro atoms. The first kappa shape index (κ1) is 18.3. The third-order valence-corrected chi connectivity index (χ3v) is 5.74. The Morgan fingerprint density at radius 3 is 2.67 bits per heavy atom. The van der Waals surface area contributed by atoms with Crippen LogP contribution in [0.15, 0.2) is 61.1 Å². The first-order chi connectivity index (χ1) is 14.5. The van der Waals surface area contributed by atoms with E-state index >= 15 is 4.39 Å². The summed E-state index contributed by atoms with van der Waals surface area (Å²) < 4.78 is 17.0. The number of fused-ring (bicyclic) bond motifs is 1. The zero-order valence-electron chi connectivity index (χ0n) is 16.4. The van der Waals surface area contributed by atoms with Gasteiger partial charge in [0.1, 0.15) is 23.6 Å². The molecule has 1 atom stereocenters. The average molecular weight is 401 g/mol. The SMILES string of the molecule is Cn1cc(-c2ccc(N3CCC(c4ccccc4)C3=O)cc2F)c2c(N)ncnc21. The van der Waals surface area contributed by atoms with Crippen LogP contribution in [-0.4, -0.2) is 27.0 Å². The molecule has 4 aromatic rings. The molecule has 7 heteroatoms. The van der Waals surface area contributed by atoms with Gasteiger partial charge in [-0.05, 0) is 30.2 Å². The van der Waals surface area contributed by atoms with Crippen molar-refractivity contribution in [1.82, 2.24) is 14.5 Å². The van der Waals surface area contributed by atoms with Crippen molar-refractivity contribution in [1.29, 1.82) is 0 Å². The Morgan fingerprint density at radius 2 is 1.90 bits per heavy atom. The number of nitrogens with zero attached hydrogens (tertiary/aromatic N) is 4. The molecule has 1 saturated heterocycles. The normalized spacial score (nSPS) is 16.5. The van der Waals surface area contributed by atoms with Crippen LogP contribution in [0.25, 0.3) is 22.2 Å². The van der Waals surface area contributed by atoms with Gasteiger partial charge >= 0.3 is 0 Å². The fourth-order valence-corrected chi connectivity index (χ4v) is 4.26. The highest BCUT2D eigenvalue weighted by Gasteiger charge is 2.33. The monoisotopic (exact) mass is 401 g/mol. The highest BCUT2D eigenvalue weighted by molar-refractivity contribution is 6.02. The summed E-state index contributed by atoms with van der Waals surface area (Å²) >= 11 is 0. The lowest BCUT2D eigenvalue weighted by Gasteiger charge is -2.18. The number of hydrogen-bond donors (Lipinski definition) is 1. The number of benzene rings is 2. The Kier molecular flexibility index (Phi) is 4.24. The highest BCUT2D eigenvalue weighted by atomic mass is 19.1. The second kappa shape index (κ2) is 6.95. The Bertz CT molecular complexity index is 1270. The van der Waals surface area contributed by atoms with E-state index in [1.165, 1.54) is 12.4 Å². The molecule has 2 aromatic heterocycles. The third kappa shape index (κ3) is 2.82. The van der Waals surface area contributed by atoms with E-state index in [2.05, 4.69) is 9.97 Å². The second-order valence-corrected chi connectivity index (χ2v) is 7.52. The number of aryl methyl sites for hydroxylation is 1. The molecular weight excluding hydrogens is 381 g/mol. The van der Waals surface area contributed by atoms with Crippen molar-refractivity contribution >= 4 is 28.4 Å². The number of rotatable bonds is 3. The van der Waals surface area contributed by atoms with Crippen LogP contribution < -0.4 is 10.6 Å². The van der Waals surface area contributed by atoms with E-state index in [0.29, 0.717) is 46.6 Å². The van der Waals surface area contributed by atoms with Crippen molar-refractivity contribution in [3.63, 3.8) is 0 Å².